The smallest absolute Gasteiger partial charge is 0.223 e. The molecule has 2 amide bonds. The van der Waals surface area contributed by atoms with Crippen molar-refractivity contribution in [3.63, 3.8) is 0 Å². The maximum absolute atomic E-state index is 12.2. The van der Waals surface area contributed by atoms with E-state index in [1.165, 1.54) is 18.9 Å². The van der Waals surface area contributed by atoms with Gasteiger partial charge in [-0.1, -0.05) is 29.8 Å². The third kappa shape index (κ3) is 5.74. The molecule has 0 bridgehead atoms. The molecular formula is C21H26N2O4. The summed E-state index contributed by atoms with van der Waals surface area (Å²) in [5.41, 5.74) is 2.80. The fourth-order valence-electron chi connectivity index (χ4n) is 2.78. The molecule has 6 nitrogen and oxygen atoms in total. The van der Waals surface area contributed by atoms with Gasteiger partial charge in [-0.3, -0.25) is 9.59 Å². The lowest BCUT2D eigenvalue weighted by atomic mass is 10.1. The first-order chi connectivity index (χ1) is 12.9. The van der Waals surface area contributed by atoms with Crippen molar-refractivity contribution in [2.75, 3.05) is 25.7 Å². The molecular weight excluding hydrogens is 344 g/mol. The Morgan fingerprint density at radius 3 is 2.48 bits per heavy atom. The van der Waals surface area contributed by atoms with Gasteiger partial charge < -0.3 is 19.7 Å². The van der Waals surface area contributed by atoms with Gasteiger partial charge in [-0.2, -0.15) is 0 Å². The Morgan fingerprint density at radius 1 is 1.07 bits per heavy atom. The van der Waals surface area contributed by atoms with Gasteiger partial charge in [-0.25, -0.2) is 0 Å². The van der Waals surface area contributed by atoms with Gasteiger partial charge in [0, 0.05) is 32.5 Å². The van der Waals surface area contributed by atoms with E-state index in [1.807, 2.05) is 31.2 Å². The van der Waals surface area contributed by atoms with Gasteiger partial charge in [0.1, 0.15) is 11.5 Å². The highest BCUT2D eigenvalue weighted by Crippen LogP contribution is 2.32. The number of anilines is 1. The van der Waals surface area contributed by atoms with Crippen LogP contribution in [0.25, 0.3) is 0 Å². The van der Waals surface area contributed by atoms with Crippen molar-refractivity contribution in [2.45, 2.75) is 26.8 Å². The van der Waals surface area contributed by atoms with Crippen molar-refractivity contribution in [3.05, 3.63) is 53.6 Å². The summed E-state index contributed by atoms with van der Waals surface area (Å²) in [5, 5.41) is 2.89. The number of carbonyl (C=O) groups excluding carboxylic acids is 2. The molecule has 0 aromatic heterocycles. The van der Waals surface area contributed by atoms with Crippen LogP contribution in [0.5, 0.6) is 11.5 Å². The number of nitrogens with zero attached hydrogens (tertiary/aromatic N) is 1. The second-order valence-corrected chi connectivity index (χ2v) is 6.22. The highest BCUT2D eigenvalue weighted by Gasteiger charge is 2.18. The lowest BCUT2D eigenvalue weighted by Crippen LogP contribution is -2.34. The fraction of sp³-hybridized carbons (Fsp3) is 0.333. The Bertz CT molecular complexity index is 805. The summed E-state index contributed by atoms with van der Waals surface area (Å²) in [7, 11) is 3.10. The first kappa shape index (κ1) is 20.3. The van der Waals surface area contributed by atoms with E-state index in [4.69, 9.17) is 9.47 Å². The van der Waals surface area contributed by atoms with Crippen molar-refractivity contribution in [1.29, 1.82) is 0 Å². The molecule has 0 unspecified atom stereocenters. The predicted octanol–water partition coefficient (Wildman–Crippen LogP) is 3.07. The second kappa shape index (κ2) is 9.62. The van der Waals surface area contributed by atoms with Gasteiger partial charge >= 0.3 is 0 Å². The Kier molecular flexibility index (Phi) is 7.23. The number of rotatable bonds is 8. The lowest BCUT2D eigenvalue weighted by molar-refractivity contribution is -0.121. The van der Waals surface area contributed by atoms with Gasteiger partial charge in [0.25, 0.3) is 0 Å². The molecule has 0 heterocycles. The Balaban J connectivity index is 2.00. The summed E-state index contributed by atoms with van der Waals surface area (Å²) >= 11 is 0. The quantitative estimate of drug-likeness (QED) is 0.775. The van der Waals surface area contributed by atoms with Crippen molar-refractivity contribution in [1.82, 2.24) is 5.32 Å². The van der Waals surface area contributed by atoms with Gasteiger partial charge in [-0.15, -0.1) is 0 Å². The fourth-order valence-corrected chi connectivity index (χ4v) is 2.78. The van der Waals surface area contributed by atoms with Crippen LogP contribution in [-0.4, -0.2) is 32.6 Å². The van der Waals surface area contributed by atoms with E-state index >= 15 is 0 Å². The minimum atomic E-state index is -0.162. The van der Waals surface area contributed by atoms with Crippen LogP contribution in [0.1, 0.15) is 24.5 Å². The SMILES string of the molecule is COc1ccc(N(CCC(=O)NCc2cccc(C)c2)C(C)=O)c(OC)c1. The number of hydrogen-bond donors (Lipinski definition) is 1. The molecule has 0 fully saturated rings. The van der Waals surface area contributed by atoms with Crippen LogP contribution >= 0.6 is 0 Å². The van der Waals surface area contributed by atoms with Crippen LogP contribution in [0.3, 0.4) is 0 Å². The molecule has 0 saturated heterocycles. The summed E-state index contributed by atoms with van der Waals surface area (Å²) in [5.74, 6) is 0.875. The summed E-state index contributed by atoms with van der Waals surface area (Å²) in [6, 6.07) is 13.2. The van der Waals surface area contributed by atoms with Crippen LogP contribution < -0.4 is 19.7 Å². The number of amides is 2. The standard InChI is InChI=1S/C21H26N2O4/c1-15-6-5-7-17(12-15)14-22-21(25)10-11-23(16(2)24)19-9-8-18(26-3)13-20(19)27-4/h5-9,12-13H,10-11,14H2,1-4H3,(H,22,25). The van der Waals surface area contributed by atoms with Crippen molar-refractivity contribution < 1.29 is 19.1 Å². The van der Waals surface area contributed by atoms with Crippen molar-refractivity contribution in [2.24, 2.45) is 0 Å². The molecule has 2 aromatic rings. The van der Waals surface area contributed by atoms with E-state index in [1.54, 1.807) is 25.3 Å². The zero-order valence-electron chi connectivity index (χ0n) is 16.2. The number of benzene rings is 2. The number of ether oxygens (including phenoxy) is 2. The summed E-state index contributed by atoms with van der Waals surface area (Å²) in [6.07, 6.45) is 0.195. The molecule has 0 aliphatic heterocycles. The third-order valence-corrected chi connectivity index (χ3v) is 4.19. The molecule has 0 spiro atoms. The Labute approximate surface area is 160 Å². The molecule has 144 valence electrons. The van der Waals surface area contributed by atoms with E-state index in [0.717, 1.165) is 11.1 Å². The minimum Gasteiger partial charge on any atom is -0.497 e. The average molecular weight is 370 g/mol. The highest BCUT2D eigenvalue weighted by atomic mass is 16.5. The van der Waals surface area contributed by atoms with Crippen LogP contribution in [0.2, 0.25) is 0 Å². The minimum absolute atomic E-state index is 0.116. The van der Waals surface area contributed by atoms with Crippen molar-refractivity contribution in [3.8, 4) is 11.5 Å². The van der Waals surface area contributed by atoms with Gasteiger partial charge in [0.15, 0.2) is 0 Å². The van der Waals surface area contributed by atoms with Crippen molar-refractivity contribution >= 4 is 17.5 Å². The van der Waals surface area contributed by atoms with E-state index in [-0.39, 0.29) is 24.8 Å². The molecule has 2 aromatic carbocycles. The number of hydrogen-bond acceptors (Lipinski definition) is 4. The molecule has 6 heteroatoms. The number of methoxy groups -OCH3 is 2. The van der Waals surface area contributed by atoms with E-state index in [0.29, 0.717) is 23.7 Å². The molecule has 1 N–H and O–H groups in total. The molecule has 0 aliphatic rings. The Hall–Kier alpha value is -3.02. The van der Waals surface area contributed by atoms with Crippen LogP contribution in [-0.2, 0) is 16.1 Å². The number of nitrogens with one attached hydrogen (secondary N) is 1. The first-order valence-corrected chi connectivity index (χ1v) is 8.77. The van der Waals surface area contributed by atoms with Crippen LogP contribution in [0.15, 0.2) is 42.5 Å². The molecule has 27 heavy (non-hydrogen) atoms. The Morgan fingerprint density at radius 2 is 1.85 bits per heavy atom. The summed E-state index contributed by atoms with van der Waals surface area (Å²) in [4.78, 5) is 25.9. The monoisotopic (exact) mass is 370 g/mol. The van der Waals surface area contributed by atoms with E-state index in [9.17, 15) is 9.59 Å². The normalized spacial score (nSPS) is 10.2. The number of aryl methyl sites for hydroxylation is 1. The molecule has 0 saturated carbocycles. The highest BCUT2D eigenvalue weighted by molar-refractivity contribution is 5.94. The van der Waals surface area contributed by atoms with E-state index < -0.39 is 0 Å². The zero-order valence-corrected chi connectivity index (χ0v) is 16.2. The molecule has 0 atom stereocenters. The third-order valence-electron chi connectivity index (χ3n) is 4.19. The van der Waals surface area contributed by atoms with Gasteiger partial charge in [0.2, 0.25) is 11.8 Å². The molecule has 0 radical (unpaired) electrons. The predicted molar refractivity (Wildman–Crippen MR) is 105 cm³/mol. The van der Waals surface area contributed by atoms with Gasteiger partial charge in [-0.05, 0) is 24.6 Å². The topological polar surface area (TPSA) is 67.9 Å². The van der Waals surface area contributed by atoms with Crippen LogP contribution in [0.4, 0.5) is 5.69 Å². The largest absolute Gasteiger partial charge is 0.497 e. The van der Waals surface area contributed by atoms with Crippen LogP contribution in [0, 0.1) is 6.92 Å². The second-order valence-electron chi connectivity index (χ2n) is 6.22. The maximum Gasteiger partial charge on any atom is 0.223 e. The zero-order chi connectivity index (χ0) is 19.8. The van der Waals surface area contributed by atoms with E-state index in [2.05, 4.69) is 5.32 Å². The average Bonchev–Trinajstić information content (AvgIpc) is 2.66. The maximum atomic E-state index is 12.2. The molecule has 0 aliphatic carbocycles. The summed E-state index contributed by atoms with van der Waals surface area (Å²) in [6.45, 7) is 4.21. The van der Waals surface area contributed by atoms with Gasteiger partial charge in [0.05, 0.1) is 19.9 Å². The molecule has 2 rings (SSSR count). The number of carbonyl (C=O) groups is 2. The first-order valence-electron chi connectivity index (χ1n) is 8.77. The lowest BCUT2D eigenvalue weighted by Gasteiger charge is -2.23. The summed E-state index contributed by atoms with van der Waals surface area (Å²) < 4.78 is 10.6.